The zero-order valence-corrected chi connectivity index (χ0v) is 15.1. The first-order chi connectivity index (χ1) is 12.2. The number of hydrogen-bond acceptors (Lipinski definition) is 3. The van der Waals surface area contributed by atoms with Crippen molar-refractivity contribution in [1.82, 2.24) is 14.5 Å². The van der Waals surface area contributed by atoms with E-state index in [0.29, 0.717) is 5.52 Å². The van der Waals surface area contributed by atoms with Crippen molar-refractivity contribution < 1.29 is 0 Å². The average Bonchev–Trinajstić information content (AvgIpc) is 3.00. The van der Waals surface area contributed by atoms with Crippen molar-refractivity contribution in [3.8, 4) is 5.69 Å². The Balaban J connectivity index is 2.09. The fraction of sp³-hybridized carbons (Fsp3) is 0.200. The first kappa shape index (κ1) is 16.0. The van der Waals surface area contributed by atoms with Crippen LogP contribution in [0.4, 0.5) is 0 Å². The van der Waals surface area contributed by atoms with E-state index in [1.807, 2.05) is 55.5 Å². The minimum Gasteiger partial charge on any atom is -0.349 e. The lowest BCUT2D eigenvalue weighted by atomic mass is 10.2. The van der Waals surface area contributed by atoms with E-state index in [-0.39, 0.29) is 5.56 Å². The highest BCUT2D eigenvalue weighted by atomic mass is 32.2. The molecule has 2 heterocycles. The van der Waals surface area contributed by atoms with Crippen LogP contribution >= 0.6 is 11.8 Å². The van der Waals surface area contributed by atoms with Gasteiger partial charge in [-0.2, -0.15) is 0 Å². The van der Waals surface area contributed by atoms with Gasteiger partial charge in [0.15, 0.2) is 5.16 Å². The Kier molecular flexibility index (Phi) is 4.09. The fourth-order valence-corrected chi connectivity index (χ4v) is 3.91. The summed E-state index contributed by atoms with van der Waals surface area (Å²) in [7, 11) is 0. The summed E-state index contributed by atoms with van der Waals surface area (Å²) in [6, 6.07) is 15.9. The van der Waals surface area contributed by atoms with Gasteiger partial charge in [0.1, 0.15) is 11.0 Å². The molecule has 5 heteroatoms. The van der Waals surface area contributed by atoms with Crippen molar-refractivity contribution in [2.45, 2.75) is 25.4 Å². The van der Waals surface area contributed by atoms with Crippen molar-refractivity contribution in [2.24, 2.45) is 0 Å². The van der Waals surface area contributed by atoms with Gasteiger partial charge in [0.2, 0.25) is 0 Å². The fourth-order valence-electron chi connectivity index (χ4n) is 3.06. The molecule has 0 aliphatic carbocycles. The second-order valence-electron chi connectivity index (χ2n) is 6.06. The molecule has 2 aromatic heterocycles. The van der Waals surface area contributed by atoms with Gasteiger partial charge in [0.25, 0.3) is 5.56 Å². The van der Waals surface area contributed by atoms with Gasteiger partial charge < -0.3 is 4.98 Å². The minimum atomic E-state index is -0.0471. The molecule has 0 aliphatic rings. The summed E-state index contributed by atoms with van der Waals surface area (Å²) < 4.78 is 1.74. The predicted octanol–water partition coefficient (Wildman–Crippen LogP) is 4.68. The number of thioether (sulfide) groups is 1. The van der Waals surface area contributed by atoms with Crippen molar-refractivity contribution in [3.63, 3.8) is 0 Å². The standard InChI is InChI=1S/C20H19N3OS/c1-3-12-25-20-22-17-14-9-5-6-10-15(14)21-18(17)19(24)23(20)16-11-7-4-8-13(16)2/h4-11,21H,3,12H2,1-2H3. The number of H-pyrrole nitrogens is 1. The number of benzene rings is 2. The molecular formula is C20H19N3OS. The van der Waals surface area contributed by atoms with Crippen LogP contribution in [0.15, 0.2) is 58.5 Å². The molecule has 0 saturated heterocycles. The Bertz CT molecular complexity index is 1130. The normalized spacial score (nSPS) is 11.4. The Hall–Kier alpha value is -2.53. The maximum absolute atomic E-state index is 13.3. The number of para-hydroxylation sites is 2. The van der Waals surface area contributed by atoms with Crippen molar-refractivity contribution in [3.05, 3.63) is 64.4 Å². The van der Waals surface area contributed by atoms with Crippen LogP contribution in [-0.2, 0) is 0 Å². The molecule has 4 rings (SSSR count). The van der Waals surface area contributed by atoms with E-state index in [1.54, 1.807) is 16.3 Å². The van der Waals surface area contributed by atoms with Crippen molar-refractivity contribution in [2.75, 3.05) is 5.75 Å². The first-order valence-corrected chi connectivity index (χ1v) is 9.41. The zero-order chi connectivity index (χ0) is 17.4. The van der Waals surface area contributed by atoms with Gasteiger partial charge in [0.05, 0.1) is 5.69 Å². The number of aromatic nitrogens is 3. The molecule has 0 amide bonds. The molecule has 0 radical (unpaired) electrons. The molecule has 4 aromatic rings. The third-order valence-electron chi connectivity index (χ3n) is 4.29. The molecule has 0 unspecified atom stereocenters. The van der Waals surface area contributed by atoms with Crippen LogP contribution in [-0.4, -0.2) is 20.3 Å². The smallest absolute Gasteiger partial charge is 0.283 e. The van der Waals surface area contributed by atoms with Gasteiger partial charge in [0, 0.05) is 16.7 Å². The van der Waals surface area contributed by atoms with Gasteiger partial charge >= 0.3 is 0 Å². The van der Waals surface area contributed by atoms with Crippen molar-refractivity contribution >= 4 is 33.7 Å². The van der Waals surface area contributed by atoms with Crippen LogP contribution in [0.5, 0.6) is 0 Å². The third kappa shape index (κ3) is 2.65. The van der Waals surface area contributed by atoms with Crippen LogP contribution in [0.1, 0.15) is 18.9 Å². The molecule has 2 aromatic carbocycles. The van der Waals surface area contributed by atoms with Crippen LogP contribution < -0.4 is 5.56 Å². The quantitative estimate of drug-likeness (QED) is 0.430. The molecule has 126 valence electrons. The third-order valence-corrected chi connectivity index (χ3v) is 5.43. The SMILES string of the molecule is CCCSc1nc2c([nH]c3ccccc32)c(=O)n1-c1ccccc1C. The minimum absolute atomic E-state index is 0.0471. The maximum atomic E-state index is 13.3. The molecule has 0 atom stereocenters. The van der Waals surface area contributed by atoms with Gasteiger partial charge in [-0.1, -0.05) is 55.1 Å². The number of nitrogens with zero attached hydrogens (tertiary/aromatic N) is 2. The van der Waals surface area contributed by atoms with Crippen molar-refractivity contribution in [1.29, 1.82) is 0 Å². The lowest BCUT2D eigenvalue weighted by Crippen LogP contribution is -2.22. The van der Waals surface area contributed by atoms with E-state index >= 15 is 0 Å². The van der Waals surface area contributed by atoms with Crippen LogP contribution in [0.3, 0.4) is 0 Å². The lowest BCUT2D eigenvalue weighted by molar-refractivity contribution is 0.812. The summed E-state index contributed by atoms with van der Waals surface area (Å²) in [5, 5.41) is 1.74. The molecule has 4 nitrogen and oxygen atoms in total. The number of fused-ring (bicyclic) bond motifs is 3. The maximum Gasteiger partial charge on any atom is 0.283 e. The largest absolute Gasteiger partial charge is 0.349 e. The van der Waals surface area contributed by atoms with Gasteiger partial charge in [-0.3, -0.25) is 9.36 Å². The molecule has 0 aliphatic heterocycles. The second-order valence-corrected chi connectivity index (χ2v) is 7.13. The van der Waals surface area contributed by atoms with E-state index in [0.717, 1.165) is 45.0 Å². The molecular weight excluding hydrogens is 330 g/mol. The number of rotatable bonds is 4. The molecule has 25 heavy (non-hydrogen) atoms. The molecule has 0 fully saturated rings. The Morgan fingerprint density at radius 3 is 2.68 bits per heavy atom. The summed E-state index contributed by atoms with van der Waals surface area (Å²) in [6.07, 6.45) is 1.03. The van der Waals surface area contributed by atoms with Crippen LogP contribution in [0, 0.1) is 6.92 Å². The predicted molar refractivity (Wildman–Crippen MR) is 105 cm³/mol. The zero-order valence-electron chi connectivity index (χ0n) is 14.2. The first-order valence-electron chi connectivity index (χ1n) is 8.43. The number of aryl methyl sites for hydroxylation is 1. The van der Waals surface area contributed by atoms with Gasteiger partial charge in [-0.05, 0) is 31.0 Å². The number of aromatic amines is 1. The van der Waals surface area contributed by atoms with Crippen LogP contribution in [0.25, 0.3) is 27.6 Å². The number of nitrogens with one attached hydrogen (secondary N) is 1. The van der Waals surface area contributed by atoms with Gasteiger partial charge in [-0.15, -0.1) is 0 Å². The Morgan fingerprint density at radius 2 is 1.88 bits per heavy atom. The average molecular weight is 349 g/mol. The summed E-state index contributed by atoms with van der Waals surface area (Å²) >= 11 is 1.63. The van der Waals surface area contributed by atoms with E-state index in [9.17, 15) is 4.79 Å². The van der Waals surface area contributed by atoms with E-state index in [1.165, 1.54) is 0 Å². The van der Waals surface area contributed by atoms with Crippen LogP contribution in [0.2, 0.25) is 0 Å². The van der Waals surface area contributed by atoms with E-state index < -0.39 is 0 Å². The Morgan fingerprint density at radius 1 is 1.12 bits per heavy atom. The summed E-state index contributed by atoms with van der Waals surface area (Å²) in [5.41, 5.74) is 4.15. The topological polar surface area (TPSA) is 50.7 Å². The molecule has 0 spiro atoms. The highest BCUT2D eigenvalue weighted by molar-refractivity contribution is 7.99. The Labute approximate surface area is 149 Å². The van der Waals surface area contributed by atoms with E-state index in [4.69, 9.17) is 4.98 Å². The summed E-state index contributed by atoms with van der Waals surface area (Å²) in [4.78, 5) is 21.4. The molecule has 0 bridgehead atoms. The molecule has 0 saturated carbocycles. The van der Waals surface area contributed by atoms with Gasteiger partial charge in [-0.25, -0.2) is 4.98 Å². The summed E-state index contributed by atoms with van der Waals surface area (Å²) in [5.74, 6) is 0.923. The lowest BCUT2D eigenvalue weighted by Gasteiger charge is -2.13. The highest BCUT2D eigenvalue weighted by Gasteiger charge is 2.17. The molecule has 1 N–H and O–H groups in total. The summed E-state index contributed by atoms with van der Waals surface area (Å²) in [6.45, 7) is 4.15. The second kappa shape index (κ2) is 6.41. The number of hydrogen-bond donors (Lipinski definition) is 1. The van der Waals surface area contributed by atoms with E-state index in [2.05, 4.69) is 11.9 Å². The monoisotopic (exact) mass is 349 g/mol. The highest BCUT2D eigenvalue weighted by Crippen LogP contribution is 2.27.